The minimum Gasteiger partial charge on any atom is -0.389 e. The van der Waals surface area contributed by atoms with E-state index in [9.17, 15) is 5.11 Å². The summed E-state index contributed by atoms with van der Waals surface area (Å²) in [5, 5.41) is 10.3. The molecule has 0 saturated heterocycles. The van der Waals surface area contributed by atoms with E-state index in [4.69, 9.17) is 0 Å². The first-order valence-electron chi connectivity index (χ1n) is 5.43. The van der Waals surface area contributed by atoms with Gasteiger partial charge in [0.1, 0.15) is 0 Å². The van der Waals surface area contributed by atoms with E-state index in [-0.39, 0.29) is 5.60 Å². The molecule has 0 bridgehead atoms. The molecule has 0 aliphatic heterocycles. The maximum absolute atomic E-state index is 10.3. The van der Waals surface area contributed by atoms with Gasteiger partial charge in [-0.05, 0) is 37.0 Å². The maximum Gasteiger partial charge on any atom is 0.0736 e. The molecule has 0 aromatic rings. The average molecular weight is 168 g/mol. The second-order valence-electron chi connectivity index (χ2n) is 4.72. The molecule has 2 fully saturated rings. The molecule has 2 rings (SSSR count). The van der Waals surface area contributed by atoms with Gasteiger partial charge in [-0.15, -0.1) is 0 Å². The quantitative estimate of drug-likeness (QED) is 0.686. The molecule has 3 unspecified atom stereocenters. The Morgan fingerprint density at radius 1 is 1.42 bits per heavy atom. The summed E-state index contributed by atoms with van der Waals surface area (Å²) in [6, 6.07) is 0. The van der Waals surface area contributed by atoms with Gasteiger partial charge in [-0.1, -0.05) is 26.7 Å². The summed E-state index contributed by atoms with van der Waals surface area (Å²) in [7, 11) is 0. The van der Waals surface area contributed by atoms with E-state index in [1.165, 1.54) is 32.1 Å². The highest BCUT2D eigenvalue weighted by Crippen LogP contribution is 2.64. The smallest absolute Gasteiger partial charge is 0.0736 e. The lowest BCUT2D eigenvalue weighted by atomic mass is 9.91. The van der Waals surface area contributed by atoms with Crippen molar-refractivity contribution in [3.05, 3.63) is 0 Å². The Balaban J connectivity index is 1.96. The highest BCUT2D eigenvalue weighted by Gasteiger charge is 2.67. The minimum absolute atomic E-state index is 0.228. The van der Waals surface area contributed by atoms with Gasteiger partial charge in [0.15, 0.2) is 0 Å². The first-order chi connectivity index (χ1) is 5.71. The van der Waals surface area contributed by atoms with Crippen LogP contribution in [0.4, 0.5) is 0 Å². The van der Waals surface area contributed by atoms with Gasteiger partial charge in [-0.2, -0.15) is 0 Å². The highest BCUT2D eigenvalue weighted by molar-refractivity contribution is 5.16. The number of fused-ring (bicyclic) bond motifs is 1. The fraction of sp³-hybridized carbons (Fsp3) is 1.00. The minimum atomic E-state index is -0.228. The lowest BCUT2D eigenvalue weighted by Crippen LogP contribution is -2.25. The Morgan fingerprint density at radius 3 is 2.50 bits per heavy atom. The molecule has 2 aliphatic carbocycles. The molecule has 0 aromatic carbocycles. The molecule has 3 atom stereocenters. The standard InChI is InChI=1S/C11H20O/c1-3-5-8(2)11(12)9-6-4-7-10(9)11/h8-10,12H,3-7H2,1-2H3. The zero-order valence-electron chi connectivity index (χ0n) is 8.21. The van der Waals surface area contributed by atoms with Crippen molar-refractivity contribution in [1.82, 2.24) is 0 Å². The van der Waals surface area contributed by atoms with Crippen molar-refractivity contribution >= 4 is 0 Å². The summed E-state index contributed by atoms with van der Waals surface area (Å²) in [4.78, 5) is 0. The second-order valence-corrected chi connectivity index (χ2v) is 4.72. The molecule has 70 valence electrons. The van der Waals surface area contributed by atoms with Crippen LogP contribution in [0, 0.1) is 17.8 Å². The van der Waals surface area contributed by atoms with E-state index in [1.54, 1.807) is 0 Å². The molecule has 12 heavy (non-hydrogen) atoms. The number of aliphatic hydroxyl groups is 1. The van der Waals surface area contributed by atoms with Gasteiger partial charge in [0.2, 0.25) is 0 Å². The lowest BCUT2D eigenvalue weighted by Gasteiger charge is -2.21. The Hall–Kier alpha value is -0.0400. The number of rotatable bonds is 3. The van der Waals surface area contributed by atoms with Gasteiger partial charge in [0.05, 0.1) is 5.60 Å². The number of hydrogen-bond acceptors (Lipinski definition) is 1. The van der Waals surface area contributed by atoms with Crippen molar-refractivity contribution in [3.63, 3.8) is 0 Å². The van der Waals surface area contributed by atoms with E-state index >= 15 is 0 Å². The Labute approximate surface area is 75.2 Å². The normalized spacial score (nSPS) is 47.2. The zero-order valence-corrected chi connectivity index (χ0v) is 8.21. The van der Waals surface area contributed by atoms with Gasteiger partial charge in [0.25, 0.3) is 0 Å². The summed E-state index contributed by atoms with van der Waals surface area (Å²) < 4.78 is 0. The Kier molecular flexibility index (Phi) is 1.95. The average Bonchev–Trinajstić information content (AvgIpc) is 2.52. The third-order valence-electron chi connectivity index (χ3n) is 4.11. The van der Waals surface area contributed by atoms with Gasteiger partial charge in [-0.25, -0.2) is 0 Å². The molecule has 0 radical (unpaired) electrons. The molecular weight excluding hydrogens is 148 g/mol. The van der Waals surface area contributed by atoms with E-state index in [1.807, 2.05) is 0 Å². The SMILES string of the molecule is CCCC(C)C1(O)C2CCCC21. The van der Waals surface area contributed by atoms with Crippen LogP contribution < -0.4 is 0 Å². The van der Waals surface area contributed by atoms with Crippen molar-refractivity contribution in [3.8, 4) is 0 Å². The molecule has 0 amide bonds. The van der Waals surface area contributed by atoms with E-state index < -0.39 is 0 Å². The van der Waals surface area contributed by atoms with Crippen LogP contribution in [0.5, 0.6) is 0 Å². The topological polar surface area (TPSA) is 20.2 Å². The fourth-order valence-corrected chi connectivity index (χ4v) is 3.36. The zero-order chi connectivity index (χ0) is 8.77. The van der Waals surface area contributed by atoms with Crippen LogP contribution >= 0.6 is 0 Å². The maximum atomic E-state index is 10.3. The molecule has 0 heterocycles. The van der Waals surface area contributed by atoms with Crippen LogP contribution in [-0.4, -0.2) is 10.7 Å². The monoisotopic (exact) mass is 168 g/mol. The third kappa shape index (κ3) is 0.953. The second kappa shape index (κ2) is 2.73. The molecule has 1 heteroatoms. The van der Waals surface area contributed by atoms with Gasteiger partial charge in [-0.3, -0.25) is 0 Å². The predicted molar refractivity (Wildman–Crippen MR) is 49.9 cm³/mol. The van der Waals surface area contributed by atoms with Crippen molar-refractivity contribution in [2.24, 2.45) is 17.8 Å². The van der Waals surface area contributed by atoms with Crippen molar-refractivity contribution in [1.29, 1.82) is 0 Å². The van der Waals surface area contributed by atoms with Crippen molar-refractivity contribution in [2.75, 3.05) is 0 Å². The van der Waals surface area contributed by atoms with Crippen LogP contribution in [0.3, 0.4) is 0 Å². The molecule has 2 aliphatic rings. The molecular formula is C11H20O. The van der Waals surface area contributed by atoms with Crippen molar-refractivity contribution in [2.45, 2.75) is 51.6 Å². The van der Waals surface area contributed by atoms with Gasteiger partial charge < -0.3 is 5.11 Å². The van der Waals surface area contributed by atoms with Crippen LogP contribution in [0.15, 0.2) is 0 Å². The van der Waals surface area contributed by atoms with E-state index in [0.29, 0.717) is 17.8 Å². The van der Waals surface area contributed by atoms with E-state index in [2.05, 4.69) is 13.8 Å². The third-order valence-corrected chi connectivity index (χ3v) is 4.11. The van der Waals surface area contributed by atoms with Crippen molar-refractivity contribution < 1.29 is 5.11 Å². The fourth-order valence-electron chi connectivity index (χ4n) is 3.36. The molecule has 1 N–H and O–H groups in total. The Bertz CT molecular complexity index is 166. The lowest BCUT2D eigenvalue weighted by molar-refractivity contribution is 0.0470. The first-order valence-corrected chi connectivity index (χ1v) is 5.43. The highest BCUT2D eigenvalue weighted by atomic mass is 16.3. The largest absolute Gasteiger partial charge is 0.389 e. The van der Waals surface area contributed by atoms with Crippen LogP contribution in [0.1, 0.15) is 46.0 Å². The predicted octanol–water partition coefficient (Wildman–Crippen LogP) is 2.58. The molecule has 0 spiro atoms. The number of hydrogen-bond donors (Lipinski definition) is 1. The summed E-state index contributed by atoms with van der Waals surface area (Å²) in [6.07, 6.45) is 6.34. The summed E-state index contributed by atoms with van der Waals surface area (Å²) in [5.41, 5.74) is -0.228. The van der Waals surface area contributed by atoms with Gasteiger partial charge in [0, 0.05) is 0 Å². The molecule has 1 nitrogen and oxygen atoms in total. The Morgan fingerprint density at radius 2 is 2.00 bits per heavy atom. The van der Waals surface area contributed by atoms with Gasteiger partial charge >= 0.3 is 0 Å². The molecule has 2 saturated carbocycles. The van der Waals surface area contributed by atoms with Crippen LogP contribution in [-0.2, 0) is 0 Å². The van der Waals surface area contributed by atoms with Crippen LogP contribution in [0.2, 0.25) is 0 Å². The van der Waals surface area contributed by atoms with Crippen LogP contribution in [0.25, 0.3) is 0 Å². The summed E-state index contributed by atoms with van der Waals surface area (Å²) in [6.45, 7) is 4.43. The summed E-state index contributed by atoms with van der Waals surface area (Å²) in [5.74, 6) is 1.90. The van der Waals surface area contributed by atoms with E-state index in [0.717, 1.165) is 0 Å². The molecule has 0 aromatic heterocycles. The summed E-state index contributed by atoms with van der Waals surface area (Å²) >= 11 is 0. The first kappa shape index (κ1) is 8.55.